The minimum absolute atomic E-state index is 0.0641. The van der Waals surface area contributed by atoms with Crippen molar-refractivity contribution < 1.29 is 14.5 Å². The third kappa shape index (κ3) is 3.99. The van der Waals surface area contributed by atoms with E-state index in [0.717, 1.165) is 0 Å². The molecule has 0 atom stereocenters. The molecule has 2 heterocycles. The standard InChI is InChI=1S/C14H21N5O4/c1-14(2,3)23-13(20)17-9-7-18(8-9)10-5-6-16-12(15-4)11(10)19(21)22/h5-6,9H,7-8H2,1-4H3,(H,15,16)(H,17,20). The maximum Gasteiger partial charge on any atom is 0.407 e. The van der Waals surface area contributed by atoms with Crippen LogP contribution in [0.4, 0.5) is 22.0 Å². The second-order valence-electron chi connectivity index (χ2n) is 6.28. The number of hydrogen-bond donors (Lipinski definition) is 2. The van der Waals surface area contributed by atoms with Crippen LogP contribution >= 0.6 is 0 Å². The average molecular weight is 323 g/mol. The van der Waals surface area contributed by atoms with Crippen LogP contribution in [-0.4, -0.2) is 47.8 Å². The molecule has 0 aliphatic carbocycles. The Morgan fingerprint density at radius 3 is 2.65 bits per heavy atom. The molecule has 0 aromatic carbocycles. The molecule has 1 aliphatic rings. The number of ether oxygens (including phenoxy) is 1. The second kappa shape index (κ2) is 6.27. The van der Waals surface area contributed by atoms with Crippen molar-refractivity contribution >= 4 is 23.3 Å². The molecule has 126 valence electrons. The zero-order valence-corrected chi connectivity index (χ0v) is 13.6. The normalized spacial score (nSPS) is 14.9. The van der Waals surface area contributed by atoms with Crippen LogP contribution in [0.15, 0.2) is 12.3 Å². The molecule has 0 bridgehead atoms. The first kappa shape index (κ1) is 16.8. The van der Waals surface area contributed by atoms with Gasteiger partial charge in [0, 0.05) is 26.3 Å². The zero-order chi connectivity index (χ0) is 17.2. The van der Waals surface area contributed by atoms with Crippen LogP contribution in [0.3, 0.4) is 0 Å². The maximum atomic E-state index is 11.7. The third-order valence-corrected chi connectivity index (χ3v) is 3.27. The van der Waals surface area contributed by atoms with Crippen LogP contribution in [0.2, 0.25) is 0 Å². The molecule has 1 fully saturated rings. The van der Waals surface area contributed by atoms with Crippen molar-refractivity contribution in [3.63, 3.8) is 0 Å². The zero-order valence-electron chi connectivity index (χ0n) is 13.6. The second-order valence-corrected chi connectivity index (χ2v) is 6.28. The first-order valence-electron chi connectivity index (χ1n) is 7.27. The number of aromatic nitrogens is 1. The van der Waals surface area contributed by atoms with E-state index < -0.39 is 16.6 Å². The quantitative estimate of drug-likeness (QED) is 0.641. The van der Waals surface area contributed by atoms with Crippen LogP contribution in [0, 0.1) is 10.1 Å². The molecule has 9 nitrogen and oxygen atoms in total. The lowest BCUT2D eigenvalue weighted by atomic mass is 10.1. The van der Waals surface area contributed by atoms with Gasteiger partial charge >= 0.3 is 11.8 Å². The van der Waals surface area contributed by atoms with Crippen molar-refractivity contribution in [2.75, 3.05) is 30.4 Å². The van der Waals surface area contributed by atoms with E-state index in [4.69, 9.17) is 4.74 Å². The molecule has 1 aromatic rings. The summed E-state index contributed by atoms with van der Waals surface area (Å²) < 4.78 is 5.19. The summed E-state index contributed by atoms with van der Waals surface area (Å²) in [6, 6.07) is 1.50. The Labute approximate surface area is 134 Å². The summed E-state index contributed by atoms with van der Waals surface area (Å²) in [5.74, 6) is 0.219. The average Bonchev–Trinajstić information content (AvgIpc) is 2.39. The number of alkyl carbamates (subject to hydrolysis) is 1. The minimum atomic E-state index is -0.556. The lowest BCUT2D eigenvalue weighted by Crippen LogP contribution is -2.60. The van der Waals surface area contributed by atoms with Gasteiger partial charge in [0.1, 0.15) is 11.3 Å². The smallest absolute Gasteiger partial charge is 0.407 e. The van der Waals surface area contributed by atoms with Crippen LogP contribution in [0.25, 0.3) is 0 Å². The molecule has 1 aliphatic heterocycles. The van der Waals surface area contributed by atoms with Crippen molar-refractivity contribution in [3.05, 3.63) is 22.4 Å². The first-order chi connectivity index (χ1) is 10.7. The lowest BCUT2D eigenvalue weighted by Gasteiger charge is -2.40. The molecule has 1 aromatic heterocycles. The van der Waals surface area contributed by atoms with E-state index >= 15 is 0 Å². The molecule has 2 N–H and O–H groups in total. The fourth-order valence-electron chi connectivity index (χ4n) is 2.30. The van der Waals surface area contributed by atoms with Crippen LogP contribution in [0.5, 0.6) is 0 Å². The van der Waals surface area contributed by atoms with E-state index in [1.54, 1.807) is 33.9 Å². The highest BCUT2D eigenvalue weighted by Gasteiger charge is 2.34. The summed E-state index contributed by atoms with van der Waals surface area (Å²) in [5.41, 5.74) is -0.138. The maximum absolute atomic E-state index is 11.7. The summed E-state index contributed by atoms with van der Waals surface area (Å²) in [7, 11) is 1.59. The van der Waals surface area contributed by atoms with Crippen molar-refractivity contribution in [2.45, 2.75) is 32.4 Å². The fourth-order valence-corrected chi connectivity index (χ4v) is 2.30. The highest BCUT2D eigenvalue weighted by atomic mass is 16.6. The van der Waals surface area contributed by atoms with Crippen molar-refractivity contribution in [1.29, 1.82) is 0 Å². The van der Waals surface area contributed by atoms with Gasteiger partial charge in [0.05, 0.1) is 11.0 Å². The van der Waals surface area contributed by atoms with Gasteiger partial charge in [-0.1, -0.05) is 0 Å². The summed E-state index contributed by atoms with van der Waals surface area (Å²) in [5, 5.41) is 16.7. The van der Waals surface area contributed by atoms with E-state index in [0.29, 0.717) is 18.8 Å². The Morgan fingerprint density at radius 1 is 1.48 bits per heavy atom. The predicted octanol–water partition coefficient (Wildman–Crippen LogP) is 1.74. The Hall–Kier alpha value is -2.58. The van der Waals surface area contributed by atoms with Gasteiger partial charge in [-0.15, -0.1) is 0 Å². The molecule has 9 heteroatoms. The van der Waals surface area contributed by atoms with Gasteiger partial charge in [-0.2, -0.15) is 0 Å². The summed E-state index contributed by atoms with van der Waals surface area (Å²) in [4.78, 5) is 28.3. The van der Waals surface area contributed by atoms with Crippen molar-refractivity contribution in [2.24, 2.45) is 0 Å². The summed E-state index contributed by atoms with van der Waals surface area (Å²) in [6.45, 7) is 6.33. The predicted molar refractivity (Wildman–Crippen MR) is 85.8 cm³/mol. The number of hydrogen-bond acceptors (Lipinski definition) is 7. The van der Waals surface area contributed by atoms with Crippen LogP contribution < -0.4 is 15.5 Å². The van der Waals surface area contributed by atoms with Gasteiger partial charge in [-0.05, 0) is 26.8 Å². The number of pyridine rings is 1. The Bertz CT molecular complexity index is 608. The van der Waals surface area contributed by atoms with Gasteiger partial charge in [-0.25, -0.2) is 9.78 Å². The minimum Gasteiger partial charge on any atom is -0.444 e. The fraction of sp³-hybridized carbons (Fsp3) is 0.571. The monoisotopic (exact) mass is 323 g/mol. The van der Waals surface area contributed by atoms with E-state index in [1.165, 1.54) is 6.20 Å². The topological polar surface area (TPSA) is 110 Å². The highest BCUT2D eigenvalue weighted by molar-refractivity contribution is 5.75. The van der Waals surface area contributed by atoms with E-state index in [-0.39, 0.29) is 17.5 Å². The van der Waals surface area contributed by atoms with Gasteiger partial charge in [0.2, 0.25) is 5.82 Å². The molecule has 1 amide bonds. The molecular formula is C14H21N5O4. The Morgan fingerprint density at radius 2 is 2.13 bits per heavy atom. The molecular weight excluding hydrogens is 302 g/mol. The molecule has 1 saturated heterocycles. The van der Waals surface area contributed by atoms with Crippen LogP contribution in [0.1, 0.15) is 20.8 Å². The highest BCUT2D eigenvalue weighted by Crippen LogP contribution is 2.35. The summed E-state index contributed by atoms with van der Waals surface area (Å²) in [6.07, 6.45) is 1.03. The molecule has 23 heavy (non-hydrogen) atoms. The first-order valence-corrected chi connectivity index (χ1v) is 7.27. The number of anilines is 2. The van der Waals surface area contributed by atoms with Crippen LogP contribution in [-0.2, 0) is 4.74 Å². The van der Waals surface area contributed by atoms with E-state index in [9.17, 15) is 14.9 Å². The number of carbonyl (C=O) groups is 1. The van der Waals surface area contributed by atoms with Gasteiger partial charge in [0.25, 0.3) is 0 Å². The molecule has 0 spiro atoms. The third-order valence-electron chi connectivity index (χ3n) is 3.27. The summed E-state index contributed by atoms with van der Waals surface area (Å²) >= 11 is 0. The Kier molecular flexibility index (Phi) is 4.57. The number of nitrogens with zero attached hydrogens (tertiary/aromatic N) is 3. The molecule has 0 saturated carbocycles. The molecule has 0 unspecified atom stereocenters. The number of rotatable bonds is 4. The van der Waals surface area contributed by atoms with Gasteiger partial charge in [-0.3, -0.25) is 10.1 Å². The van der Waals surface area contributed by atoms with E-state index in [2.05, 4.69) is 15.6 Å². The number of nitro groups is 1. The number of nitrogens with one attached hydrogen (secondary N) is 2. The largest absolute Gasteiger partial charge is 0.444 e. The van der Waals surface area contributed by atoms with Crippen molar-refractivity contribution in [1.82, 2.24) is 10.3 Å². The van der Waals surface area contributed by atoms with E-state index in [1.807, 2.05) is 4.90 Å². The number of amides is 1. The molecule has 0 radical (unpaired) electrons. The molecule has 2 rings (SSSR count). The lowest BCUT2D eigenvalue weighted by molar-refractivity contribution is -0.383. The number of carbonyl (C=O) groups excluding carboxylic acids is 1. The van der Waals surface area contributed by atoms with Gasteiger partial charge in [0.15, 0.2) is 0 Å². The van der Waals surface area contributed by atoms with Gasteiger partial charge < -0.3 is 20.3 Å². The van der Waals surface area contributed by atoms with Crippen molar-refractivity contribution in [3.8, 4) is 0 Å². The Balaban J connectivity index is 2.00. The SMILES string of the molecule is CNc1nccc(N2CC(NC(=O)OC(C)(C)C)C2)c1[N+](=O)[O-].